The zero-order valence-electron chi connectivity index (χ0n) is 12.6. The van der Waals surface area contributed by atoms with Crippen LogP contribution in [0, 0.1) is 6.92 Å². The van der Waals surface area contributed by atoms with E-state index < -0.39 is 12.0 Å². The van der Waals surface area contributed by atoms with Crippen molar-refractivity contribution >= 4 is 33.3 Å². The molecule has 2 aliphatic rings. The largest absolute Gasteiger partial charge is 0.480 e. The number of thiophene rings is 1. The number of hydrogen-bond acceptors (Lipinski definition) is 5. The molecule has 0 aromatic carbocycles. The number of rotatable bonds is 2. The molecule has 0 bridgehead atoms. The van der Waals surface area contributed by atoms with E-state index in [0.717, 1.165) is 47.7 Å². The van der Waals surface area contributed by atoms with Crippen molar-refractivity contribution in [3.05, 3.63) is 16.3 Å². The molecular weight excluding hydrogens is 298 g/mol. The van der Waals surface area contributed by atoms with E-state index in [-0.39, 0.29) is 0 Å². The molecule has 1 fully saturated rings. The molecule has 6 heteroatoms. The highest BCUT2D eigenvalue weighted by Crippen LogP contribution is 2.41. The third kappa shape index (κ3) is 2.08. The summed E-state index contributed by atoms with van der Waals surface area (Å²) in [5, 5.41) is 10.6. The van der Waals surface area contributed by atoms with E-state index in [1.807, 2.05) is 11.8 Å². The number of carbonyl (C=O) groups is 1. The minimum Gasteiger partial charge on any atom is -0.480 e. The minimum absolute atomic E-state index is 0.448. The average molecular weight is 317 g/mol. The van der Waals surface area contributed by atoms with Crippen LogP contribution in [0.1, 0.15) is 41.9 Å². The third-order valence-corrected chi connectivity index (χ3v) is 5.90. The number of anilines is 1. The Morgan fingerprint density at radius 1 is 1.27 bits per heavy atom. The Morgan fingerprint density at radius 3 is 2.91 bits per heavy atom. The van der Waals surface area contributed by atoms with Crippen LogP contribution in [0.5, 0.6) is 0 Å². The minimum atomic E-state index is -0.744. The van der Waals surface area contributed by atoms with Gasteiger partial charge in [0.25, 0.3) is 0 Å². The lowest BCUT2D eigenvalue weighted by molar-refractivity contribution is -0.138. The molecule has 0 radical (unpaired) electrons. The number of aromatic nitrogens is 2. The van der Waals surface area contributed by atoms with Crippen LogP contribution < -0.4 is 4.90 Å². The molecule has 1 atom stereocenters. The Bertz CT molecular complexity index is 755. The molecule has 3 heterocycles. The second-order valence-corrected chi connectivity index (χ2v) is 7.26. The van der Waals surface area contributed by atoms with Crippen molar-refractivity contribution in [2.75, 3.05) is 11.4 Å². The summed E-state index contributed by atoms with van der Waals surface area (Å²) >= 11 is 1.77. The molecular formula is C16H19N3O2S. The van der Waals surface area contributed by atoms with Gasteiger partial charge in [-0.3, -0.25) is 0 Å². The van der Waals surface area contributed by atoms with E-state index in [2.05, 4.69) is 9.97 Å². The van der Waals surface area contributed by atoms with Gasteiger partial charge in [0.2, 0.25) is 0 Å². The highest BCUT2D eigenvalue weighted by Gasteiger charge is 2.34. The van der Waals surface area contributed by atoms with Crippen molar-refractivity contribution in [1.29, 1.82) is 0 Å². The van der Waals surface area contributed by atoms with Crippen LogP contribution in [-0.2, 0) is 17.6 Å². The number of carboxylic acids is 1. The van der Waals surface area contributed by atoms with Gasteiger partial charge in [0.05, 0.1) is 5.39 Å². The Labute approximate surface area is 133 Å². The average Bonchev–Trinajstić information content (AvgIpc) is 3.10. The number of nitrogens with zero attached hydrogens (tertiary/aromatic N) is 3. The first-order valence-corrected chi connectivity index (χ1v) is 8.75. The fraction of sp³-hybridized carbons (Fsp3) is 0.562. The van der Waals surface area contributed by atoms with Gasteiger partial charge in [-0.1, -0.05) is 0 Å². The molecule has 1 N–H and O–H groups in total. The summed E-state index contributed by atoms with van der Waals surface area (Å²) in [6, 6.07) is -0.448. The first-order chi connectivity index (χ1) is 10.6. The molecule has 22 heavy (non-hydrogen) atoms. The van der Waals surface area contributed by atoms with Gasteiger partial charge in [-0.2, -0.15) is 0 Å². The highest BCUT2D eigenvalue weighted by atomic mass is 32.1. The van der Waals surface area contributed by atoms with Gasteiger partial charge in [-0.25, -0.2) is 14.8 Å². The van der Waals surface area contributed by atoms with Crippen molar-refractivity contribution in [3.8, 4) is 0 Å². The van der Waals surface area contributed by atoms with E-state index in [9.17, 15) is 9.90 Å². The van der Waals surface area contributed by atoms with Crippen molar-refractivity contribution in [1.82, 2.24) is 9.97 Å². The summed E-state index contributed by atoms with van der Waals surface area (Å²) in [5.74, 6) is 0.843. The fourth-order valence-electron chi connectivity index (χ4n) is 3.73. The number of fused-ring (bicyclic) bond motifs is 3. The van der Waals surface area contributed by atoms with E-state index in [1.54, 1.807) is 11.3 Å². The first-order valence-electron chi connectivity index (χ1n) is 7.93. The van der Waals surface area contributed by atoms with Gasteiger partial charge in [-0.05, 0) is 51.0 Å². The van der Waals surface area contributed by atoms with E-state index in [1.165, 1.54) is 23.3 Å². The molecule has 116 valence electrons. The monoisotopic (exact) mass is 317 g/mol. The van der Waals surface area contributed by atoms with Crippen molar-refractivity contribution in [2.45, 2.75) is 51.5 Å². The van der Waals surface area contributed by atoms with Crippen LogP contribution in [0.2, 0.25) is 0 Å². The second kappa shape index (κ2) is 5.19. The summed E-state index contributed by atoms with van der Waals surface area (Å²) in [5.41, 5.74) is 1.37. The number of aryl methyl sites for hydroxylation is 3. The quantitative estimate of drug-likeness (QED) is 0.922. The lowest BCUT2D eigenvalue weighted by atomic mass is 9.97. The smallest absolute Gasteiger partial charge is 0.326 e. The van der Waals surface area contributed by atoms with Crippen LogP contribution in [-0.4, -0.2) is 33.6 Å². The third-order valence-electron chi connectivity index (χ3n) is 4.72. The molecule has 0 amide bonds. The topological polar surface area (TPSA) is 66.3 Å². The molecule has 1 unspecified atom stereocenters. The normalized spacial score (nSPS) is 21.3. The summed E-state index contributed by atoms with van der Waals surface area (Å²) in [4.78, 5) is 25.3. The standard InChI is InChI=1S/C16H19N3O2S/c1-9-17-14(19-8-4-6-11(19)16(20)21)13-10-5-2-3-7-12(10)22-15(13)18-9/h11H,2-8H2,1H3,(H,20,21). The van der Waals surface area contributed by atoms with E-state index >= 15 is 0 Å². The Morgan fingerprint density at radius 2 is 2.09 bits per heavy atom. The molecule has 0 saturated carbocycles. The Balaban J connectivity index is 1.92. The summed E-state index contributed by atoms with van der Waals surface area (Å²) in [6.07, 6.45) is 6.25. The zero-order valence-corrected chi connectivity index (χ0v) is 13.4. The number of hydrogen-bond donors (Lipinski definition) is 1. The summed E-state index contributed by atoms with van der Waals surface area (Å²) in [6.45, 7) is 2.67. The van der Waals surface area contributed by atoms with Gasteiger partial charge >= 0.3 is 5.97 Å². The lowest BCUT2D eigenvalue weighted by Crippen LogP contribution is -2.36. The van der Waals surface area contributed by atoms with Crippen LogP contribution in [0.15, 0.2) is 0 Å². The van der Waals surface area contributed by atoms with Gasteiger partial charge in [0, 0.05) is 11.4 Å². The predicted octanol–water partition coefficient (Wildman–Crippen LogP) is 2.93. The SMILES string of the molecule is Cc1nc(N2CCCC2C(=O)O)c2c3c(sc2n1)CCCC3. The summed E-state index contributed by atoms with van der Waals surface area (Å²) in [7, 11) is 0. The molecule has 2 aromatic heterocycles. The van der Waals surface area contributed by atoms with Crippen LogP contribution >= 0.6 is 11.3 Å². The number of carboxylic acid groups (broad SMARTS) is 1. The van der Waals surface area contributed by atoms with Gasteiger partial charge in [-0.15, -0.1) is 11.3 Å². The van der Waals surface area contributed by atoms with E-state index in [0.29, 0.717) is 6.42 Å². The fourth-order valence-corrected chi connectivity index (χ4v) is 5.03. The molecule has 2 aromatic rings. The van der Waals surface area contributed by atoms with Gasteiger partial charge < -0.3 is 10.0 Å². The van der Waals surface area contributed by atoms with Crippen molar-refractivity contribution < 1.29 is 9.90 Å². The van der Waals surface area contributed by atoms with Crippen LogP contribution in [0.4, 0.5) is 5.82 Å². The molecule has 0 spiro atoms. The Hall–Kier alpha value is -1.69. The zero-order chi connectivity index (χ0) is 15.3. The molecule has 1 aliphatic heterocycles. The van der Waals surface area contributed by atoms with Crippen molar-refractivity contribution in [3.63, 3.8) is 0 Å². The van der Waals surface area contributed by atoms with Crippen molar-refractivity contribution in [2.24, 2.45) is 0 Å². The summed E-state index contributed by atoms with van der Waals surface area (Å²) < 4.78 is 0. The Kier molecular flexibility index (Phi) is 3.29. The lowest BCUT2D eigenvalue weighted by Gasteiger charge is -2.24. The van der Waals surface area contributed by atoms with Crippen LogP contribution in [0.25, 0.3) is 10.2 Å². The number of aliphatic carboxylic acids is 1. The van der Waals surface area contributed by atoms with Gasteiger partial charge in [0.1, 0.15) is 22.5 Å². The molecule has 1 aliphatic carbocycles. The first kappa shape index (κ1) is 13.9. The van der Waals surface area contributed by atoms with Crippen LogP contribution in [0.3, 0.4) is 0 Å². The predicted molar refractivity (Wildman–Crippen MR) is 86.8 cm³/mol. The van der Waals surface area contributed by atoms with Gasteiger partial charge in [0.15, 0.2) is 0 Å². The highest BCUT2D eigenvalue weighted by molar-refractivity contribution is 7.19. The maximum Gasteiger partial charge on any atom is 0.326 e. The molecule has 1 saturated heterocycles. The maximum absolute atomic E-state index is 11.6. The second-order valence-electron chi connectivity index (χ2n) is 6.18. The van der Waals surface area contributed by atoms with E-state index in [4.69, 9.17) is 0 Å². The molecule has 5 nitrogen and oxygen atoms in total. The maximum atomic E-state index is 11.6. The molecule has 4 rings (SSSR count).